The molecule has 0 aliphatic heterocycles. The van der Waals surface area contributed by atoms with Crippen molar-refractivity contribution in [2.45, 2.75) is 33.7 Å². The van der Waals surface area contributed by atoms with Gasteiger partial charge < -0.3 is 10.1 Å². The van der Waals surface area contributed by atoms with E-state index in [1.165, 1.54) is 5.57 Å². The zero-order valence-electron chi connectivity index (χ0n) is 11.3. The summed E-state index contributed by atoms with van der Waals surface area (Å²) >= 11 is 0. The van der Waals surface area contributed by atoms with Gasteiger partial charge in [0.15, 0.2) is 5.75 Å². The molecule has 0 unspecified atom stereocenters. The fourth-order valence-corrected chi connectivity index (χ4v) is 1.82. The first kappa shape index (κ1) is 13.8. The summed E-state index contributed by atoms with van der Waals surface area (Å²) in [7, 11) is 1.69. The van der Waals surface area contributed by atoms with Crippen LogP contribution in [0.15, 0.2) is 12.3 Å². The van der Waals surface area contributed by atoms with Crippen molar-refractivity contribution >= 4 is 5.57 Å². The molecule has 0 amide bonds. The number of nitrogens with one attached hydrogen (secondary N) is 1. The number of allylic oxidation sites excluding steroid dienone is 1. The molecule has 4 heteroatoms. The highest BCUT2D eigenvalue weighted by molar-refractivity contribution is 5.65. The third kappa shape index (κ3) is 3.60. The maximum Gasteiger partial charge on any atom is 0.164 e. The van der Waals surface area contributed by atoms with Gasteiger partial charge in [-0.05, 0) is 38.9 Å². The SMILES string of the molecule is CCNCC/C=C(/C)c1c(OC)cnn1CC. The number of rotatable bonds is 7. The Morgan fingerprint density at radius 3 is 2.88 bits per heavy atom. The molecule has 0 saturated heterocycles. The third-order valence-corrected chi connectivity index (χ3v) is 2.72. The Morgan fingerprint density at radius 2 is 2.29 bits per heavy atom. The summed E-state index contributed by atoms with van der Waals surface area (Å²) in [6.07, 6.45) is 5.03. The molecule has 0 aliphatic carbocycles. The van der Waals surface area contributed by atoms with E-state index in [1.54, 1.807) is 13.3 Å². The number of aryl methyl sites for hydroxylation is 1. The van der Waals surface area contributed by atoms with Crippen LogP contribution in [0.2, 0.25) is 0 Å². The highest BCUT2D eigenvalue weighted by Gasteiger charge is 2.11. The van der Waals surface area contributed by atoms with E-state index >= 15 is 0 Å². The average molecular weight is 237 g/mol. The van der Waals surface area contributed by atoms with Gasteiger partial charge in [0.05, 0.1) is 13.3 Å². The minimum atomic E-state index is 0.851. The van der Waals surface area contributed by atoms with Crippen LogP contribution >= 0.6 is 0 Å². The molecule has 1 N–H and O–H groups in total. The predicted molar refractivity (Wildman–Crippen MR) is 71.3 cm³/mol. The topological polar surface area (TPSA) is 39.1 Å². The fraction of sp³-hybridized carbons (Fsp3) is 0.615. The van der Waals surface area contributed by atoms with E-state index in [2.05, 4.69) is 37.3 Å². The molecule has 0 fully saturated rings. The van der Waals surface area contributed by atoms with Crippen LogP contribution in [0.1, 0.15) is 32.9 Å². The van der Waals surface area contributed by atoms with Crippen molar-refractivity contribution in [2.24, 2.45) is 0 Å². The summed E-state index contributed by atoms with van der Waals surface area (Å²) in [5.74, 6) is 0.851. The number of aromatic nitrogens is 2. The van der Waals surface area contributed by atoms with Gasteiger partial charge in [-0.25, -0.2) is 0 Å². The standard InChI is InChI=1S/C13H23N3O/c1-5-14-9-7-8-11(3)13-12(17-4)10-15-16(13)6-2/h8,10,14H,5-7,9H2,1-4H3/b11-8-. The second-order valence-electron chi connectivity index (χ2n) is 3.91. The summed E-state index contributed by atoms with van der Waals surface area (Å²) in [6.45, 7) is 9.20. The van der Waals surface area contributed by atoms with Gasteiger partial charge in [-0.2, -0.15) is 5.10 Å². The lowest BCUT2D eigenvalue weighted by molar-refractivity contribution is 0.412. The van der Waals surface area contributed by atoms with E-state index in [9.17, 15) is 0 Å². The van der Waals surface area contributed by atoms with Crippen LogP contribution in [0.25, 0.3) is 5.57 Å². The van der Waals surface area contributed by atoms with Crippen molar-refractivity contribution in [1.82, 2.24) is 15.1 Å². The Labute approximate surface area is 104 Å². The van der Waals surface area contributed by atoms with E-state index < -0.39 is 0 Å². The minimum absolute atomic E-state index is 0.851. The summed E-state index contributed by atoms with van der Waals surface area (Å²) in [4.78, 5) is 0. The number of methoxy groups -OCH3 is 1. The lowest BCUT2D eigenvalue weighted by Gasteiger charge is -2.08. The van der Waals surface area contributed by atoms with Gasteiger partial charge in [0.2, 0.25) is 0 Å². The van der Waals surface area contributed by atoms with E-state index in [0.717, 1.165) is 37.5 Å². The van der Waals surface area contributed by atoms with Crippen molar-refractivity contribution in [3.63, 3.8) is 0 Å². The smallest absolute Gasteiger partial charge is 0.164 e. The van der Waals surface area contributed by atoms with Gasteiger partial charge in [-0.15, -0.1) is 0 Å². The van der Waals surface area contributed by atoms with Crippen LogP contribution in [0.5, 0.6) is 5.75 Å². The normalized spacial score (nSPS) is 11.9. The molecule has 4 nitrogen and oxygen atoms in total. The molecule has 1 rings (SSSR count). The van der Waals surface area contributed by atoms with Crippen LogP contribution in [0.4, 0.5) is 0 Å². The summed E-state index contributed by atoms with van der Waals surface area (Å²) < 4.78 is 7.31. The Hall–Kier alpha value is -1.29. The Morgan fingerprint density at radius 1 is 1.53 bits per heavy atom. The zero-order valence-corrected chi connectivity index (χ0v) is 11.3. The van der Waals surface area contributed by atoms with Crippen LogP contribution < -0.4 is 10.1 Å². The number of hydrogen-bond donors (Lipinski definition) is 1. The Bertz CT molecular complexity index is 347. The van der Waals surface area contributed by atoms with Gasteiger partial charge in [0.25, 0.3) is 0 Å². The highest BCUT2D eigenvalue weighted by Crippen LogP contribution is 2.25. The molecule has 0 radical (unpaired) electrons. The van der Waals surface area contributed by atoms with Crippen molar-refractivity contribution in [2.75, 3.05) is 20.2 Å². The maximum atomic E-state index is 5.34. The average Bonchev–Trinajstić information content (AvgIpc) is 2.77. The molecule has 1 heterocycles. The second-order valence-corrected chi connectivity index (χ2v) is 3.91. The van der Waals surface area contributed by atoms with Crippen LogP contribution in [-0.2, 0) is 6.54 Å². The first-order valence-corrected chi connectivity index (χ1v) is 6.22. The number of hydrogen-bond acceptors (Lipinski definition) is 3. The van der Waals surface area contributed by atoms with E-state index in [0.29, 0.717) is 0 Å². The van der Waals surface area contributed by atoms with E-state index in [1.807, 2.05) is 4.68 Å². The van der Waals surface area contributed by atoms with Crippen LogP contribution in [0, 0.1) is 0 Å². The summed E-state index contributed by atoms with van der Waals surface area (Å²) in [5.41, 5.74) is 2.31. The first-order chi connectivity index (χ1) is 8.24. The number of ether oxygens (including phenoxy) is 1. The van der Waals surface area contributed by atoms with Gasteiger partial charge >= 0.3 is 0 Å². The van der Waals surface area contributed by atoms with Gasteiger partial charge in [0.1, 0.15) is 5.69 Å². The van der Waals surface area contributed by atoms with Crippen LogP contribution in [-0.4, -0.2) is 30.0 Å². The fourth-order valence-electron chi connectivity index (χ4n) is 1.82. The summed E-state index contributed by atoms with van der Waals surface area (Å²) in [6, 6.07) is 0. The Kier molecular flexibility index (Phi) is 5.77. The molecule has 0 atom stereocenters. The van der Waals surface area contributed by atoms with E-state index in [-0.39, 0.29) is 0 Å². The quantitative estimate of drug-likeness (QED) is 0.740. The second kappa shape index (κ2) is 7.12. The van der Waals surface area contributed by atoms with Crippen molar-refractivity contribution < 1.29 is 4.74 Å². The predicted octanol–water partition coefficient (Wildman–Crippen LogP) is 2.31. The van der Waals surface area contributed by atoms with Crippen LogP contribution in [0.3, 0.4) is 0 Å². The molecule has 17 heavy (non-hydrogen) atoms. The first-order valence-electron chi connectivity index (χ1n) is 6.22. The van der Waals surface area contributed by atoms with Gasteiger partial charge in [0, 0.05) is 6.54 Å². The lowest BCUT2D eigenvalue weighted by atomic mass is 10.1. The highest BCUT2D eigenvalue weighted by atomic mass is 16.5. The molecular formula is C13H23N3O. The van der Waals surface area contributed by atoms with Crippen molar-refractivity contribution in [3.05, 3.63) is 18.0 Å². The molecular weight excluding hydrogens is 214 g/mol. The van der Waals surface area contributed by atoms with Gasteiger partial charge in [-0.3, -0.25) is 4.68 Å². The lowest BCUT2D eigenvalue weighted by Crippen LogP contribution is -2.13. The molecule has 0 aromatic carbocycles. The molecule has 96 valence electrons. The molecule has 0 spiro atoms. The van der Waals surface area contributed by atoms with Crippen molar-refractivity contribution in [3.8, 4) is 5.75 Å². The zero-order chi connectivity index (χ0) is 12.7. The molecule has 1 aromatic rings. The Balaban J connectivity index is 2.78. The minimum Gasteiger partial charge on any atom is -0.493 e. The molecule has 0 saturated carbocycles. The van der Waals surface area contributed by atoms with E-state index in [4.69, 9.17) is 4.74 Å². The molecule has 1 aromatic heterocycles. The third-order valence-electron chi connectivity index (χ3n) is 2.72. The molecule has 0 bridgehead atoms. The number of nitrogens with zero attached hydrogens (tertiary/aromatic N) is 2. The monoisotopic (exact) mass is 237 g/mol. The maximum absolute atomic E-state index is 5.34. The van der Waals surface area contributed by atoms with Crippen molar-refractivity contribution in [1.29, 1.82) is 0 Å². The van der Waals surface area contributed by atoms with Gasteiger partial charge in [-0.1, -0.05) is 13.0 Å². The summed E-state index contributed by atoms with van der Waals surface area (Å²) in [5, 5.41) is 7.61. The molecule has 0 aliphatic rings. The largest absolute Gasteiger partial charge is 0.493 e.